The van der Waals surface area contributed by atoms with E-state index in [0.29, 0.717) is 16.0 Å². The van der Waals surface area contributed by atoms with Gasteiger partial charge in [-0.25, -0.2) is 4.79 Å². The van der Waals surface area contributed by atoms with Crippen molar-refractivity contribution >= 4 is 27.6 Å². The first-order valence-corrected chi connectivity index (χ1v) is 8.88. The Labute approximate surface area is 168 Å². The van der Waals surface area contributed by atoms with Gasteiger partial charge in [-0.1, -0.05) is 28.1 Å². The Kier molecular flexibility index (Phi) is 5.90. The first kappa shape index (κ1) is 19.4. The number of aromatic hydroxyl groups is 1. The molecule has 142 valence electrons. The van der Waals surface area contributed by atoms with E-state index in [0.717, 1.165) is 5.56 Å². The quantitative estimate of drug-likeness (QED) is 0.318. The van der Waals surface area contributed by atoms with Crippen LogP contribution in [0.4, 0.5) is 5.69 Å². The summed E-state index contributed by atoms with van der Waals surface area (Å²) in [5, 5.41) is 20.4. The van der Waals surface area contributed by atoms with Crippen LogP contribution in [-0.4, -0.2) is 16.0 Å². The van der Waals surface area contributed by atoms with Crippen molar-refractivity contribution in [2.24, 2.45) is 0 Å². The molecule has 0 heterocycles. The van der Waals surface area contributed by atoms with Crippen molar-refractivity contribution in [3.63, 3.8) is 0 Å². The van der Waals surface area contributed by atoms with Gasteiger partial charge in [-0.05, 0) is 48.0 Å². The number of nitro benzene ring substituents is 1. The van der Waals surface area contributed by atoms with E-state index < -0.39 is 10.9 Å². The minimum atomic E-state index is -0.634. The molecule has 0 aliphatic rings. The normalized spacial score (nSPS) is 10.3. The monoisotopic (exact) mass is 443 g/mol. The number of benzene rings is 3. The molecule has 0 saturated carbocycles. The summed E-state index contributed by atoms with van der Waals surface area (Å²) < 4.78 is 11.5. The van der Waals surface area contributed by atoms with Crippen molar-refractivity contribution in [2.75, 3.05) is 0 Å². The minimum Gasteiger partial charge on any atom is -0.507 e. The van der Waals surface area contributed by atoms with Crippen LogP contribution in [0, 0.1) is 10.1 Å². The Morgan fingerprint density at radius 2 is 1.61 bits per heavy atom. The number of ether oxygens (including phenoxy) is 2. The van der Waals surface area contributed by atoms with Crippen LogP contribution < -0.4 is 4.74 Å². The highest BCUT2D eigenvalue weighted by atomic mass is 79.9. The van der Waals surface area contributed by atoms with Crippen LogP contribution in [0.5, 0.6) is 17.2 Å². The van der Waals surface area contributed by atoms with E-state index in [4.69, 9.17) is 9.47 Å². The van der Waals surface area contributed by atoms with Gasteiger partial charge in [-0.15, -0.1) is 0 Å². The molecule has 0 bridgehead atoms. The zero-order valence-electron chi connectivity index (χ0n) is 14.4. The van der Waals surface area contributed by atoms with Gasteiger partial charge in [0.2, 0.25) is 0 Å². The molecule has 0 radical (unpaired) electrons. The molecule has 0 saturated heterocycles. The lowest BCUT2D eigenvalue weighted by Gasteiger charge is -2.08. The maximum atomic E-state index is 12.1. The zero-order chi connectivity index (χ0) is 20.1. The average Bonchev–Trinajstić information content (AvgIpc) is 2.69. The Bertz CT molecular complexity index is 1000. The second-order valence-corrected chi connectivity index (χ2v) is 6.65. The summed E-state index contributed by atoms with van der Waals surface area (Å²) in [5.41, 5.74) is 0.799. The Morgan fingerprint density at radius 1 is 1.00 bits per heavy atom. The van der Waals surface area contributed by atoms with E-state index in [1.54, 1.807) is 30.3 Å². The predicted molar refractivity (Wildman–Crippen MR) is 105 cm³/mol. The third-order valence-corrected chi connectivity index (χ3v) is 4.25. The van der Waals surface area contributed by atoms with Crippen molar-refractivity contribution in [1.29, 1.82) is 0 Å². The number of esters is 1. The molecule has 3 aromatic carbocycles. The standard InChI is InChI=1S/C20H14BrNO6/c21-14-3-10-19(23)18(11-14)20(24)27-12-13-1-6-16(7-2-13)28-17-8-4-15(5-9-17)22(25)26/h1-11,23H,12H2. The van der Waals surface area contributed by atoms with Crippen LogP contribution in [0.2, 0.25) is 0 Å². The number of nitrogens with zero attached hydrogens (tertiary/aromatic N) is 1. The molecule has 0 spiro atoms. The third-order valence-electron chi connectivity index (χ3n) is 3.76. The first-order valence-electron chi connectivity index (χ1n) is 8.09. The Morgan fingerprint density at radius 3 is 2.21 bits per heavy atom. The highest BCUT2D eigenvalue weighted by Gasteiger charge is 2.13. The molecule has 8 heteroatoms. The second kappa shape index (κ2) is 8.53. The van der Waals surface area contributed by atoms with Crippen LogP contribution in [0.25, 0.3) is 0 Å². The lowest BCUT2D eigenvalue weighted by Crippen LogP contribution is -2.05. The fourth-order valence-corrected chi connectivity index (χ4v) is 2.69. The van der Waals surface area contributed by atoms with Gasteiger partial charge in [0, 0.05) is 16.6 Å². The van der Waals surface area contributed by atoms with Crippen LogP contribution in [0.1, 0.15) is 15.9 Å². The number of rotatable bonds is 6. The van der Waals surface area contributed by atoms with E-state index in [1.165, 1.54) is 36.4 Å². The van der Waals surface area contributed by atoms with E-state index >= 15 is 0 Å². The molecular formula is C20H14BrNO6. The fraction of sp³-hybridized carbons (Fsp3) is 0.0500. The van der Waals surface area contributed by atoms with E-state index in [-0.39, 0.29) is 23.6 Å². The average molecular weight is 444 g/mol. The van der Waals surface area contributed by atoms with E-state index in [9.17, 15) is 20.0 Å². The van der Waals surface area contributed by atoms with Gasteiger partial charge in [0.15, 0.2) is 0 Å². The molecule has 0 unspecified atom stereocenters. The third kappa shape index (κ3) is 4.86. The number of hydrogen-bond acceptors (Lipinski definition) is 6. The number of phenols is 1. The van der Waals surface area contributed by atoms with Gasteiger partial charge < -0.3 is 14.6 Å². The van der Waals surface area contributed by atoms with Crippen molar-refractivity contribution in [2.45, 2.75) is 6.61 Å². The van der Waals surface area contributed by atoms with Gasteiger partial charge in [0.1, 0.15) is 29.4 Å². The summed E-state index contributed by atoms with van der Waals surface area (Å²) in [7, 11) is 0. The van der Waals surface area contributed by atoms with Crippen LogP contribution in [-0.2, 0) is 11.3 Å². The molecule has 0 aliphatic heterocycles. The second-order valence-electron chi connectivity index (χ2n) is 5.73. The molecule has 7 nitrogen and oxygen atoms in total. The largest absolute Gasteiger partial charge is 0.507 e. The molecule has 0 atom stereocenters. The van der Waals surface area contributed by atoms with E-state index in [1.807, 2.05) is 0 Å². The molecule has 0 fully saturated rings. The Hall–Kier alpha value is -3.39. The number of carbonyl (C=O) groups excluding carboxylic acids is 1. The number of phenolic OH excluding ortho intramolecular Hbond substituents is 1. The SMILES string of the molecule is O=C(OCc1ccc(Oc2ccc([N+](=O)[O-])cc2)cc1)c1cc(Br)ccc1O. The van der Waals surface area contributed by atoms with Crippen LogP contribution in [0.3, 0.4) is 0 Å². The summed E-state index contributed by atoms with van der Waals surface area (Å²) >= 11 is 3.24. The maximum absolute atomic E-state index is 12.1. The molecule has 0 amide bonds. The van der Waals surface area contributed by atoms with Gasteiger partial charge in [-0.3, -0.25) is 10.1 Å². The van der Waals surface area contributed by atoms with Crippen LogP contribution >= 0.6 is 15.9 Å². The van der Waals surface area contributed by atoms with Crippen LogP contribution in [0.15, 0.2) is 71.2 Å². The molecule has 3 aromatic rings. The molecule has 1 N–H and O–H groups in total. The molecule has 3 rings (SSSR count). The Balaban J connectivity index is 1.59. The van der Waals surface area contributed by atoms with Gasteiger partial charge >= 0.3 is 5.97 Å². The predicted octanol–water partition coefficient (Wildman–Crippen LogP) is 5.21. The highest BCUT2D eigenvalue weighted by Crippen LogP contribution is 2.25. The van der Waals surface area contributed by atoms with E-state index in [2.05, 4.69) is 15.9 Å². The summed E-state index contributed by atoms with van der Waals surface area (Å²) in [5.74, 6) is 0.216. The highest BCUT2D eigenvalue weighted by molar-refractivity contribution is 9.10. The fourth-order valence-electron chi connectivity index (χ4n) is 2.32. The number of carbonyl (C=O) groups is 1. The minimum absolute atomic E-state index is 0.0130. The first-order chi connectivity index (χ1) is 13.4. The topological polar surface area (TPSA) is 98.9 Å². The zero-order valence-corrected chi connectivity index (χ0v) is 16.0. The van der Waals surface area contributed by atoms with Crippen molar-refractivity contribution in [1.82, 2.24) is 0 Å². The maximum Gasteiger partial charge on any atom is 0.342 e. The van der Waals surface area contributed by atoms with Gasteiger partial charge in [-0.2, -0.15) is 0 Å². The lowest BCUT2D eigenvalue weighted by molar-refractivity contribution is -0.384. The molecule has 0 aliphatic carbocycles. The summed E-state index contributed by atoms with van der Waals surface area (Å²) in [4.78, 5) is 22.3. The van der Waals surface area contributed by atoms with Gasteiger partial charge in [0.05, 0.1) is 4.92 Å². The van der Waals surface area contributed by atoms with Gasteiger partial charge in [0.25, 0.3) is 5.69 Å². The number of non-ortho nitro benzene ring substituents is 1. The number of hydrogen-bond donors (Lipinski definition) is 1. The molecular weight excluding hydrogens is 430 g/mol. The number of nitro groups is 1. The summed E-state index contributed by atoms with van der Waals surface area (Å²) in [6.45, 7) is 0.0304. The lowest BCUT2D eigenvalue weighted by atomic mass is 10.2. The number of halogens is 1. The molecule has 0 aromatic heterocycles. The van der Waals surface area contributed by atoms with Crippen molar-refractivity contribution < 1.29 is 24.3 Å². The summed E-state index contributed by atoms with van der Waals surface area (Å²) in [6.07, 6.45) is 0. The van der Waals surface area contributed by atoms with Crippen molar-refractivity contribution in [3.05, 3.63) is 92.4 Å². The smallest absolute Gasteiger partial charge is 0.342 e. The molecule has 28 heavy (non-hydrogen) atoms. The van der Waals surface area contributed by atoms with Crippen molar-refractivity contribution in [3.8, 4) is 17.2 Å². The summed E-state index contributed by atoms with van der Waals surface area (Å²) in [6, 6.07) is 17.1.